The maximum atomic E-state index is 12.0. The van der Waals surface area contributed by atoms with Crippen molar-refractivity contribution in [1.29, 1.82) is 0 Å². The summed E-state index contributed by atoms with van der Waals surface area (Å²) in [6.45, 7) is 1.03. The molecule has 0 spiro atoms. The molecule has 0 atom stereocenters. The summed E-state index contributed by atoms with van der Waals surface area (Å²) in [5.74, 6) is -0.221. The summed E-state index contributed by atoms with van der Waals surface area (Å²) in [6.07, 6.45) is 1.25. The molecule has 2 heterocycles. The Hall–Kier alpha value is -0.620. The van der Waals surface area contributed by atoms with E-state index in [4.69, 9.17) is 16.3 Å². The molecule has 4 nitrogen and oxygen atoms in total. The molecule has 2 N–H and O–H groups in total. The Balaban J connectivity index is 2.08. The third kappa shape index (κ3) is 2.80. The number of halogens is 1. The zero-order valence-corrected chi connectivity index (χ0v) is 10.8. The second kappa shape index (κ2) is 5.35. The van der Waals surface area contributed by atoms with Gasteiger partial charge in [0, 0.05) is 13.2 Å². The highest BCUT2D eigenvalue weighted by atomic mass is 35.5. The van der Waals surface area contributed by atoms with Crippen molar-refractivity contribution in [1.82, 2.24) is 5.32 Å². The summed E-state index contributed by atoms with van der Waals surface area (Å²) in [5.41, 5.74) is -0.567. The third-order valence-electron chi connectivity index (χ3n) is 2.95. The van der Waals surface area contributed by atoms with Crippen LogP contribution in [0.5, 0.6) is 0 Å². The molecule has 0 aromatic carbocycles. The Morgan fingerprint density at radius 1 is 1.59 bits per heavy atom. The number of rotatable bonds is 3. The van der Waals surface area contributed by atoms with E-state index in [1.54, 1.807) is 11.4 Å². The molecule has 1 aromatic heterocycles. The Morgan fingerprint density at radius 3 is 2.82 bits per heavy atom. The van der Waals surface area contributed by atoms with Crippen molar-refractivity contribution < 1.29 is 14.6 Å². The third-order valence-corrected chi connectivity index (χ3v) is 4.29. The van der Waals surface area contributed by atoms with Gasteiger partial charge in [-0.15, -0.1) is 11.3 Å². The van der Waals surface area contributed by atoms with Gasteiger partial charge in [0.15, 0.2) is 0 Å². The second-order valence-corrected chi connectivity index (χ2v) is 5.43. The molecule has 1 aliphatic heterocycles. The zero-order valence-electron chi connectivity index (χ0n) is 9.24. The fourth-order valence-corrected chi connectivity index (χ4v) is 2.87. The molecule has 0 unspecified atom stereocenters. The highest BCUT2D eigenvalue weighted by Crippen LogP contribution is 2.25. The first kappa shape index (κ1) is 12.8. The van der Waals surface area contributed by atoms with E-state index in [2.05, 4.69) is 5.32 Å². The lowest BCUT2D eigenvalue weighted by Crippen LogP contribution is -2.54. The fourth-order valence-electron chi connectivity index (χ4n) is 1.84. The standard InChI is InChI=1S/C11H14ClNO3S/c12-8-1-6-17-9(8)10(15)13-11(7-14)2-4-16-5-3-11/h1,6,14H,2-5,7H2,(H,13,15). The van der Waals surface area contributed by atoms with Crippen LogP contribution in [0.15, 0.2) is 11.4 Å². The van der Waals surface area contributed by atoms with Crippen molar-refractivity contribution in [3.63, 3.8) is 0 Å². The van der Waals surface area contributed by atoms with Crippen molar-refractivity contribution >= 4 is 28.8 Å². The van der Waals surface area contributed by atoms with Crippen molar-refractivity contribution in [2.45, 2.75) is 18.4 Å². The van der Waals surface area contributed by atoms with E-state index in [0.717, 1.165) is 0 Å². The second-order valence-electron chi connectivity index (χ2n) is 4.10. The monoisotopic (exact) mass is 275 g/mol. The average molecular weight is 276 g/mol. The number of carbonyl (C=O) groups excluding carboxylic acids is 1. The van der Waals surface area contributed by atoms with E-state index in [0.29, 0.717) is 36.0 Å². The summed E-state index contributed by atoms with van der Waals surface area (Å²) >= 11 is 7.20. The predicted octanol–water partition coefficient (Wildman–Crippen LogP) is 1.67. The maximum absolute atomic E-state index is 12.0. The van der Waals surface area contributed by atoms with Gasteiger partial charge >= 0.3 is 0 Å². The summed E-state index contributed by atoms with van der Waals surface area (Å²) < 4.78 is 5.24. The minimum Gasteiger partial charge on any atom is -0.394 e. The van der Waals surface area contributed by atoms with Gasteiger partial charge in [-0.3, -0.25) is 4.79 Å². The average Bonchev–Trinajstić information content (AvgIpc) is 2.77. The van der Waals surface area contributed by atoms with Crippen molar-refractivity contribution in [2.75, 3.05) is 19.8 Å². The van der Waals surface area contributed by atoms with E-state index in [9.17, 15) is 9.90 Å². The van der Waals surface area contributed by atoms with Crippen LogP contribution in [0.2, 0.25) is 5.02 Å². The number of aliphatic hydroxyl groups excluding tert-OH is 1. The number of thiophene rings is 1. The molecule has 1 fully saturated rings. The molecule has 0 radical (unpaired) electrons. The first-order valence-electron chi connectivity index (χ1n) is 5.41. The van der Waals surface area contributed by atoms with E-state index >= 15 is 0 Å². The number of hydrogen-bond acceptors (Lipinski definition) is 4. The summed E-state index contributed by atoms with van der Waals surface area (Å²) in [5, 5.41) is 14.6. The largest absolute Gasteiger partial charge is 0.394 e. The number of amides is 1. The van der Waals surface area contributed by atoms with Crippen LogP contribution in [0.4, 0.5) is 0 Å². The van der Waals surface area contributed by atoms with Gasteiger partial charge in [-0.05, 0) is 24.3 Å². The number of aliphatic hydroxyl groups is 1. The summed E-state index contributed by atoms with van der Waals surface area (Å²) in [4.78, 5) is 12.5. The molecule has 1 amide bonds. The van der Waals surface area contributed by atoms with Gasteiger partial charge in [-0.25, -0.2) is 0 Å². The van der Waals surface area contributed by atoms with Crippen LogP contribution in [0.1, 0.15) is 22.5 Å². The summed E-state index contributed by atoms with van der Waals surface area (Å²) in [7, 11) is 0. The highest BCUT2D eigenvalue weighted by molar-refractivity contribution is 7.12. The van der Waals surface area contributed by atoms with Crippen LogP contribution in [-0.4, -0.2) is 36.4 Å². The van der Waals surface area contributed by atoms with Gasteiger partial charge < -0.3 is 15.2 Å². The minimum atomic E-state index is -0.567. The smallest absolute Gasteiger partial charge is 0.263 e. The lowest BCUT2D eigenvalue weighted by molar-refractivity contribution is 0.0126. The van der Waals surface area contributed by atoms with Gasteiger partial charge in [0.05, 0.1) is 17.2 Å². The SMILES string of the molecule is O=C(NC1(CO)CCOCC1)c1sccc1Cl. The van der Waals surface area contributed by atoms with E-state index in [-0.39, 0.29) is 12.5 Å². The van der Waals surface area contributed by atoms with Gasteiger partial charge in [-0.1, -0.05) is 11.6 Å². The van der Waals surface area contributed by atoms with E-state index < -0.39 is 5.54 Å². The van der Waals surface area contributed by atoms with E-state index in [1.807, 2.05) is 0 Å². The molecule has 1 aliphatic rings. The minimum absolute atomic E-state index is 0.0783. The number of nitrogens with one attached hydrogen (secondary N) is 1. The van der Waals surface area contributed by atoms with Crippen LogP contribution in [0, 0.1) is 0 Å². The molecule has 94 valence electrons. The Morgan fingerprint density at radius 2 is 2.29 bits per heavy atom. The fraction of sp³-hybridized carbons (Fsp3) is 0.545. The lowest BCUT2D eigenvalue weighted by atomic mass is 9.91. The molecule has 1 aromatic rings. The molecule has 0 aliphatic carbocycles. The molecular formula is C11H14ClNO3S. The van der Waals surface area contributed by atoms with Crippen molar-refractivity contribution in [2.24, 2.45) is 0 Å². The van der Waals surface area contributed by atoms with Gasteiger partial charge in [-0.2, -0.15) is 0 Å². The zero-order chi connectivity index (χ0) is 12.3. The Kier molecular flexibility index (Phi) is 4.04. The lowest BCUT2D eigenvalue weighted by Gasteiger charge is -2.36. The van der Waals surface area contributed by atoms with Crippen LogP contribution in [-0.2, 0) is 4.74 Å². The molecular weight excluding hydrogens is 262 g/mol. The number of carbonyl (C=O) groups is 1. The summed E-state index contributed by atoms with van der Waals surface area (Å²) in [6, 6.07) is 1.69. The Bertz CT molecular complexity index is 401. The molecule has 2 rings (SSSR count). The molecule has 6 heteroatoms. The topological polar surface area (TPSA) is 58.6 Å². The van der Waals surface area contributed by atoms with Crippen molar-refractivity contribution in [3.05, 3.63) is 21.3 Å². The van der Waals surface area contributed by atoms with Crippen LogP contribution < -0.4 is 5.32 Å². The van der Waals surface area contributed by atoms with Gasteiger partial charge in [0.2, 0.25) is 0 Å². The maximum Gasteiger partial charge on any atom is 0.263 e. The number of hydrogen-bond donors (Lipinski definition) is 2. The number of ether oxygens (including phenoxy) is 1. The Labute approximate surface area is 109 Å². The van der Waals surface area contributed by atoms with Crippen molar-refractivity contribution in [3.8, 4) is 0 Å². The molecule has 17 heavy (non-hydrogen) atoms. The quantitative estimate of drug-likeness (QED) is 0.882. The first-order valence-corrected chi connectivity index (χ1v) is 6.67. The van der Waals surface area contributed by atoms with Crippen LogP contribution in [0.3, 0.4) is 0 Å². The van der Waals surface area contributed by atoms with Crippen LogP contribution in [0.25, 0.3) is 0 Å². The van der Waals surface area contributed by atoms with Gasteiger partial charge in [0.1, 0.15) is 4.88 Å². The first-order chi connectivity index (χ1) is 8.17. The normalized spacial score (nSPS) is 18.9. The molecule has 1 saturated heterocycles. The van der Waals surface area contributed by atoms with Gasteiger partial charge in [0.25, 0.3) is 5.91 Å². The molecule has 0 saturated carbocycles. The van der Waals surface area contributed by atoms with Crippen LogP contribution >= 0.6 is 22.9 Å². The molecule has 0 bridgehead atoms. The van der Waals surface area contributed by atoms with E-state index in [1.165, 1.54) is 11.3 Å². The highest BCUT2D eigenvalue weighted by Gasteiger charge is 2.34. The predicted molar refractivity (Wildman–Crippen MR) is 66.7 cm³/mol.